The Balaban J connectivity index is 0.000000298. The first-order valence-electron chi connectivity index (χ1n) is 8.78. The van der Waals surface area contributed by atoms with E-state index >= 15 is 0 Å². The molecule has 0 aliphatic carbocycles. The summed E-state index contributed by atoms with van der Waals surface area (Å²) in [4.78, 5) is 22.8. The molecule has 29 heavy (non-hydrogen) atoms. The molecule has 158 valence electrons. The van der Waals surface area contributed by atoms with Crippen LogP contribution < -0.4 is 25.7 Å². The number of aliphatic carboxylic acids is 1. The van der Waals surface area contributed by atoms with E-state index in [1.54, 1.807) is 0 Å². The second-order valence-electron chi connectivity index (χ2n) is 6.78. The Morgan fingerprint density at radius 1 is 1.38 bits per heavy atom. The number of hydrogen-bond donors (Lipinski definition) is 4. The van der Waals surface area contributed by atoms with E-state index in [9.17, 15) is 18.0 Å². The van der Waals surface area contributed by atoms with Crippen molar-refractivity contribution in [1.29, 1.82) is 0 Å². The van der Waals surface area contributed by atoms with Crippen molar-refractivity contribution in [2.45, 2.75) is 32.1 Å². The maximum Gasteiger partial charge on any atom is 0.490 e. The molecule has 0 radical (unpaired) electrons. The van der Waals surface area contributed by atoms with Crippen LogP contribution in [0, 0.1) is 6.92 Å². The summed E-state index contributed by atoms with van der Waals surface area (Å²) in [5.74, 6) is -1.32. The quantitative estimate of drug-likeness (QED) is 0.571. The van der Waals surface area contributed by atoms with Crippen LogP contribution in [0.15, 0.2) is 17.2 Å². The van der Waals surface area contributed by atoms with Crippen molar-refractivity contribution in [1.82, 2.24) is 10.7 Å². The van der Waals surface area contributed by atoms with Gasteiger partial charge in [0.1, 0.15) is 18.4 Å². The van der Waals surface area contributed by atoms with Gasteiger partial charge in [0.15, 0.2) is 5.84 Å². The number of carbonyl (C=O) groups excluding carboxylic acids is 1. The van der Waals surface area contributed by atoms with Gasteiger partial charge in [0.05, 0.1) is 11.7 Å². The smallest absolute Gasteiger partial charge is 0.483 e. The van der Waals surface area contributed by atoms with E-state index in [-0.39, 0.29) is 11.9 Å². The van der Waals surface area contributed by atoms with Gasteiger partial charge >= 0.3 is 12.1 Å². The zero-order chi connectivity index (χ0) is 21.3. The fourth-order valence-electron chi connectivity index (χ4n) is 2.94. The van der Waals surface area contributed by atoms with Crippen LogP contribution in [0.25, 0.3) is 0 Å². The summed E-state index contributed by atoms with van der Waals surface area (Å²) in [7, 11) is 0. The van der Waals surface area contributed by atoms with Crippen LogP contribution in [-0.2, 0) is 9.59 Å². The average Bonchev–Trinajstić information content (AvgIpc) is 2.61. The number of nitrogens with zero attached hydrogens (tertiary/aromatic N) is 2. The lowest BCUT2D eigenvalue weighted by atomic mass is 10.1. The van der Waals surface area contributed by atoms with Crippen molar-refractivity contribution < 1.29 is 32.6 Å². The normalized spacial score (nSPS) is 20.6. The summed E-state index contributed by atoms with van der Waals surface area (Å²) in [5.41, 5.74) is 5.65. The molecule has 1 atom stereocenters. The lowest BCUT2D eigenvalue weighted by Gasteiger charge is -2.39. The summed E-state index contributed by atoms with van der Waals surface area (Å²) in [6, 6.07) is 4.25. The highest BCUT2D eigenvalue weighted by Crippen LogP contribution is 2.39. The first-order chi connectivity index (χ1) is 13.6. The molecule has 1 aromatic rings. The minimum absolute atomic E-state index is 0.102. The Kier molecular flexibility index (Phi) is 5.55. The molecule has 0 saturated carbocycles. The van der Waals surface area contributed by atoms with E-state index in [0.29, 0.717) is 12.6 Å². The number of benzene rings is 1. The Labute approximate surface area is 163 Å². The van der Waals surface area contributed by atoms with Crippen molar-refractivity contribution >= 4 is 29.1 Å². The zero-order valence-electron chi connectivity index (χ0n) is 15.6. The fraction of sp³-hybridized carbons (Fsp3) is 0.471. The van der Waals surface area contributed by atoms with Crippen molar-refractivity contribution in [2.24, 2.45) is 5.10 Å². The van der Waals surface area contributed by atoms with Gasteiger partial charge in [-0.05, 0) is 31.5 Å². The highest BCUT2D eigenvalue weighted by atomic mass is 19.4. The molecule has 12 heteroatoms. The number of aryl methyl sites for hydroxylation is 1. The van der Waals surface area contributed by atoms with Gasteiger partial charge in [0.25, 0.3) is 5.91 Å². The second kappa shape index (κ2) is 7.78. The van der Waals surface area contributed by atoms with Crippen LogP contribution in [0.4, 0.5) is 24.5 Å². The van der Waals surface area contributed by atoms with Crippen LogP contribution in [0.5, 0.6) is 5.75 Å². The molecule has 0 bridgehead atoms. The lowest BCUT2D eigenvalue weighted by molar-refractivity contribution is -0.192. The van der Waals surface area contributed by atoms with E-state index in [0.717, 1.165) is 41.6 Å². The minimum Gasteiger partial charge on any atom is -0.483 e. The van der Waals surface area contributed by atoms with Crippen LogP contribution in [-0.4, -0.2) is 60.8 Å². The standard InChI is InChI=1S/C15H19N5O2.C2HF3O2/c1-8-3-13-12(4-11(8)17-10-5-16-6-10)20-9(2)15(21)19-18-14(20)7-22-13;3-2(4,5)1(6)7/h3-4,9-10,16-17H,5-7H2,1-2H3,(H,19,21);(H,6,7)/t9-;/m0./s1. The van der Waals surface area contributed by atoms with E-state index in [4.69, 9.17) is 14.6 Å². The Hall–Kier alpha value is -3.02. The number of rotatable bonds is 2. The van der Waals surface area contributed by atoms with Gasteiger partial charge in [-0.3, -0.25) is 4.79 Å². The number of halogens is 3. The van der Waals surface area contributed by atoms with Crippen molar-refractivity contribution in [3.63, 3.8) is 0 Å². The predicted octanol–water partition coefficient (Wildman–Crippen LogP) is 1.04. The van der Waals surface area contributed by atoms with Gasteiger partial charge < -0.3 is 25.4 Å². The third-order valence-electron chi connectivity index (χ3n) is 4.65. The molecule has 3 heterocycles. The third kappa shape index (κ3) is 4.36. The Bertz CT molecular complexity index is 854. The first kappa shape index (κ1) is 20.7. The van der Waals surface area contributed by atoms with Gasteiger partial charge in [-0.1, -0.05) is 0 Å². The molecule has 3 aliphatic heterocycles. The first-order valence-corrected chi connectivity index (χ1v) is 8.78. The van der Waals surface area contributed by atoms with Crippen LogP contribution in [0.2, 0.25) is 0 Å². The number of fused-ring (bicyclic) bond motifs is 3. The molecular weight excluding hydrogens is 395 g/mol. The van der Waals surface area contributed by atoms with Crippen LogP contribution >= 0.6 is 0 Å². The second-order valence-corrected chi connectivity index (χ2v) is 6.78. The molecule has 1 saturated heterocycles. The fourth-order valence-corrected chi connectivity index (χ4v) is 2.94. The third-order valence-corrected chi connectivity index (χ3v) is 4.65. The molecule has 0 unspecified atom stereocenters. The maximum atomic E-state index is 11.9. The van der Waals surface area contributed by atoms with Gasteiger partial charge in [-0.2, -0.15) is 18.3 Å². The number of amidine groups is 1. The molecular formula is C17H20F3N5O4. The maximum absolute atomic E-state index is 11.9. The topological polar surface area (TPSA) is 115 Å². The summed E-state index contributed by atoms with van der Waals surface area (Å²) >= 11 is 0. The van der Waals surface area contributed by atoms with E-state index in [1.807, 2.05) is 17.9 Å². The number of alkyl halides is 3. The minimum atomic E-state index is -5.08. The van der Waals surface area contributed by atoms with Gasteiger partial charge in [0, 0.05) is 18.8 Å². The van der Waals surface area contributed by atoms with Crippen LogP contribution in [0.3, 0.4) is 0 Å². The zero-order valence-corrected chi connectivity index (χ0v) is 15.6. The van der Waals surface area contributed by atoms with Gasteiger partial charge in [-0.15, -0.1) is 0 Å². The number of amides is 1. The molecule has 0 spiro atoms. The number of hydrogen-bond acceptors (Lipinski definition) is 7. The number of carboxylic acid groups (broad SMARTS) is 1. The SMILES string of the molecule is Cc1cc2c(cc1NC1CNC1)N1C(=NNC(=O)[C@@H]1C)CO2.O=C(O)C(F)(F)F. The van der Waals surface area contributed by atoms with Crippen LogP contribution in [0.1, 0.15) is 12.5 Å². The van der Waals surface area contributed by atoms with Crippen molar-refractivity contribution in [3.05, 3.63) is 17.7 Å². The molecule has 4 N–H and O–H groups in total. The number of carboxylic acids is 1. The predicted molar refractivity (Wildman–Crippen MR) is 98.2 cm³/mol. The molecule has 4 rings (SSSR count). The molecule has 3 aliphatic rings. The number of hydrazone groups is 1. The lowest BCUT2D eigenvalue weighted by Crippen LogP contribution is -2.55. The molecule has 0 aromatic heterocycles. The van der Waals surface area contributed by atoms with E-state index in [2.05, 4.69) is 34.2 Å². The van der Waals surface area contributed by atoms with Crippen molar-refractivity contribution in [2.75, 3.05) is 29.9 Å². The van der Waals surface area contributed by atoms with Gasteiger partial charge in [0.2, 0.25) is 0 Å². The molecule has 1 aromatic carbocycles. The van der Waals surface area contributed by atoms with E-state index < -0.39 is 12.1 Å². The average molecular weight is 415 g/mol. The summed E-state index contributed by atoms with van der Waals surface area (Å²) in [6.45, 7) is 6.26. The van der Waals surface area contributed by atoms with Gasteiger partial charge in [-0.25, -0.2) is 10.2 Å². The highest BCUT2D eigenvalue weighted by Gasteiger charge is 2.38. The Morgan fingerprint density at radius 3 is 2.59 bits per heavy atom. The number of carbonyl (C=O) groups is 2. The number of anilines is 2. The monoisotopic (exact) mass is 415 g/mol. The highest BCUT2D eigenvalue weighted by molar-refractivity contribution is 6.09. The molecule has 1 amide bonds. The molecule has 9 nitrogen and oxygen atoms in total. The Morgan fingerprint density at radius 2 is 2.03 bits per heavy atom. The summed E-state index contributed by atoms with van der Waals surface area (Å²) < 4.78 is 37.5. The number of nitrogens with one attached hydrogen (secondary N) is 3. The number of ether oxygens (including phenoxy) is 1. The summed E-state index contributed by atoms with van der Waals surface area (Å²) in [6.07, 6.45) is -5.08. The largest absolute Gasteiger partial charge is 0.490 e. The summed E-state index contributed by atoms with van der Waals surface area (Å²) in [5, 5.41) is 18.0. The van der Waals surface area contributed by atoms with Crippen molar-refractivity contribution in [3.8, 4) is 5.75 Å². The molecule has 1 fully saturated rings. The van der Waals surface area contributed by atoms with E-state index in [1.165, 1.54) is 0 Å².